The first-order valence-electron chi connectivity index (χ1n) is 13.9. The molecule has 3 aromatic rings. The van der Waals surface area contributed by atoms with Crippen molar-refractivity contribution >= 4 is 33.4 Å². The third-order valence-corrected chi connectivity index (χ3v) is 8.12. The van der Waals surface area contributed by atoms with Gasteiger partial charge in [-0.15, -0.1) is 0 Å². The molecule has 0 unspecified atom stereocenters. The smallest absolute Gasteiger partial charge is 0.192 e. The van der Waals surface area contributed by atoms with Crippen molar-refractivity contribution in [1.29, 1.82) is 47.4 Å². The number of nitriles is 9. The lowest BCUT2D eigenvalue weighted by Crippen LogP contribution is -2.08. The molecule has 3 aromatic carbocycles. The van der Waals surface area contributed by atoms with E-state index in [4.69, 9.17) is 0 Å². The average Bonchev–Trinajstić information content (AvgIpc) is 3.63. The molecule has 0 aromatic heterocycles. The minimum absolute atomic E-state index is 0.292. The number of hydrogen-bond donors (Lipinski definition) is 0. The zero-order valence-electron chi connectivity index (χ0n) is 25.3. The van der Waals surface area contributed by atoms with E-state index < -0.39 is 95.9 Å². The van der Waals surface area contributed by atoms with Crippen LogP contribution in [0.4, 0.5) is 26.3 Å². The monoisotopic (exact) mass is 691 g/mol. The van der Waals surface area contributed by atoms with Gasteiger partial charge >= 0.3 is 12.4 Å². The van der Waals surface area contributed by atoms with Gasteiger partial charge in [0.2, 0.25) is 0 Å². The maximum Gasteiger partial charge on any atom is 0.417 e. The van der Waals surface area contributed by atoms with Gasteiger partial charge in [0.05, 0.1) is 51.1 Å². The molecular weight excluding hydrogens is 684 g/mol. The Kier molecular flexibility index (Phi) is 8.44. The molecule has 2 aliphatic carbocycles. The molecule has 0 bridgehead atoms. The van der Waals surface area contributed by atoms with Crippen molar-refractivity contribution in [3.8, 4) is 54.6 Å². The molecule has 0 saturated heterocycles. The van der Waals surface area contributed by atoms with E-state index in [0.29, 0.717) is 12.1 Å². The summed E-state index contributed by atoms with van der Waals surface area (Å²) >= 11 is 0. The fraction of sp³-hybridized carbons (Fsp3) is 0.0541. The second-order valence-corrected chi connectivity index (χ2v) is 10.6. The van der Waals surface area contributed by atoms with Crippen molar-refractivity contribution in [3.63, 3.8) is 0 Å². The number of allylic oxidation sites excluding steroid dienone is 8. The molecule has 242 valence electrons. The van der Waals surface area contributed by atoms with Crippen LogP contribution < -0.4 is 0 Å². The molecule has 0 atom stereocenters. The van der Waals surface area contributed by atoms with Gasteiger partial charge in [-0.3, -0.25) is 0 Å². The zero-order chi connectivity index (χ0) is 38.3. The molecule has 52 heavy (non-hydrogen) atoms. The van der Waals surface area contributed by atoms with Crippen LogP contribution in [0.25, 0.3) is 33.4 Å². The summed E-state index contributed by atoms with van der Waals surface area (Å²) in [6.07, 6.45) is -10.2. The van der Waals surface area contributed by atoms with Crippen LogP contribution in [0, 0.1) is 102 Å². The first kappa shape index (κ1) is 34.9. The molecule has 0 fully saturated rings. The van der Waals surface area contributed by atoms with Crippen LogP contribution in [0.1, 0.15) is 61.2 Å². The summed E-state index contributed by atoms with van der Waals surface area (Å²) in [4.78, 5) is 0. The van der Waals surface area contributed by atoms with Gasteiger partial charge in [0.15, 0.2) is 0 Å². The van der Waals surface area contributed by atoms with E-state index in [-0.39, 0.29) is 22.3 Å². The number of alkyl halides is 6. The Morgan fingerprint density at radius 2 is 0.827 bits per heavy atom. The fourth-order valence-electron chi connectivity index (χ4n) is 6.14. The van der Waals surface area contributed by atoms with Gasteiger partial charge in [0, 0.05) is 33.4 Å². The first-order chi connectivity index (χ1) is 24.7. The summed E-state index contributed by atoms with van der Waals surface area (Å²) < 4.78 is 84.1. The minimum atomic E-state index is -5.08. The Labute approximate surface area is 288 Å². The van der Waals surface area contributed by atoms with Crippen LogP contribution in [0.5, 0.6) is 0 Å². The zero-order valence-corrected chi connectivity index (χ0v) is 25.3. The maximum absolute atomic E-state index is 14.0. The minimum Gasteiger partial charge on any atom is -0.192 e. The van der Waals surface area contributed by atoms with E-state index in [2.05, 4.69) is 0 Å². The third kappa shape index (κ3) is 5.13. The summed E-state index contributed by atoms with van der Waals surface area (Å²) in [5.74, 6) is 0. The summed E-state index contributed by atoms with van der Waals surface area (Å²) in [6, 6.07) is 20.3. The topological polar surface area (TPSA) is 214 Å². The number of rotatable bonds is 2. The molecule has 0 radical (unpaired) electrons. The Morgan fingerprint density at radius 1 is 0.462 bits per heavy atom. The number of benzene rings is 3. The van der Waals surface area contributed by atoms with Crippen molar-refractivity contribution in [2.24, 2.45) is 0 Å². The van der Waals surface area contributed by atoms with Gasteiger partial charge in [0.25, 0.3) is 0 Å². The van der Waals surface area contributed by atoms with E-state index in [9.17, 15) is 73.7 Å². The van der Waals surface area contributed by atoms with E-state index in [1.54, 1.807) is 42.5 Å². The molecule has 0 saturated carbocycles. The van der Waals surface area contributed by atoms with Crippen molar-refractivity contribution < 1.29 is 26.3 Å². The Morgan fingerprint density at radius 3 is 1.10 bits per heavy atom. The Bertz CT molecular complexity index is 2540. The molecular formula is C37H7F6N9. The van der Waals surface area contributed by atoms with E-state index in [1.165, 1.54) is 12.1 Å². The highest BCUT2D eigenvalue weighted by Gasteiger charge is 2.42. The fourth-order valence-corrected chi connectivity index (χ4v) is 6.14. The second-order valence-electron chi connectivity index (χ2n) is 10.6. The van der Waals surface area contributed by atoms with Crippen molar-refractivity contribution in [3.05, 3.63) is 115 Å². The number of fused-ring (bicyclic) bond motifs is 2. The lowest BCUT2D eigenvalue weighted by Gasteiger charge is -2.15. The van der Waals surface area contributed by atoms with E-state index in [1.807, 2.05) is 0 Å². The number of nitrogens with zero attached hydrogens (tertiary/aromatic N) is 9. The lowest BCUT2D eigenvalue weighted by molar-refractivity contribution is -0.138. The van der Waals surface area contributed by atoms with Crippen LogP contribution in [0.2, 0.25) is 0 Å². The number of hydrogen-bond acceptors (Lipinski definition) is 9. The maximum atomic E-state index is 14.0. The lowest BCUT2D eigenvalue weighted by atomic mass is 9.86. The molecule has 0 spiro atoms. The van der Waals surface area contributed by atoms with Gasteiger partial charge < -0.3 is 0 Å². The highest BCUT2D eigenvalue weighted by Crippen LogP contribution is 2.56. The average molecular weight is 692 g/mol. The summed E-state index contributed by atoms with van der Waals surface area (Å²) in [7, 11) is 0. The molecule has 9 nitrogen and oxygen atoms in total. The van der Waals surface area contributed by atoms with Crippen molar-refractivity contribution in [2.75, 3.05) is 0 Å². The van der Waals surface area contributed by atoms with Crippen LogP contribution in [0.15, 0.2) is 53.6 Å². The van der Waals surface area contributed by atoms with Gasteiger partial charge in [-0.25, -0.2) is 0 Å². The Hall–Kier alpha value is -8.39. The second kappa shape index (κ2) is 12.6. The third-order valence-electron chi connectivity index (χ3n) is 8.12. The van der Waals surface area contributed by atoms with Crippen LogP contribution in [0.3, 0.4) is 0 Å². The highest BCUT2D eigenvalue weighted by atomic mass is 19.4. The largest absolute Gasteiger partial charge is 0.417 e. The molecule has 15 heteroatoms. The van der Waals surface area contributed by atoms with Crippen molar-refractivity contribution in [2.45, 2.75) is 12.4 Å². The van der Waals surface area contributed by atoms with Gasteiger partial charge in [-0.2, -0.15) is 73.7 Å². The van der Waals surface area contributed by atoms with Crippen molar-refractivity contribution in [1.82, 2.24) is 0 Å². The molecule has 0 aliphatic heterocycles. The molecule has 0 heterocycles. The predicted octanol–water partition coefficient (Wildman–Crippen LogP) is 7.84. The standard InChI is InChI=1S/C37H7F6N9/c38-36(39,40)28-5-17(1-3-19(28)8-44)30-25(14-50)34-23(32(30)21(10-46)11-47)7-24-33(22(12-48)13-49)31(26(15-51)35(24)27(34)16-52)18-2-4-20(9-45)29(6-18)37(41,42)43/h1-7H. The SMILES string of the molecule is N#CC(C#N)=C1C(c2ccc(C#N)c(C(F)(F)F)c2)=C(C#N)c2c1cc1c(c2C#N)C(C#N)=C(c2ccc(C#N)c(C(F)(F)F)c2)C1=C(C#N)C#N. The normalized spacial score (nSPS) is 12.8. The van der Waals surface area contributed by atoms with Crippen LogP contribution >= 0.6 is 0 Å². The molecule has 5 rings (SSSR count). The van der Waals surface area contributed by atoms with Crippen LogP contribution in [-0.2, 0) is 12.4 Å². The Balaban J connectivity index is 2.02. The molecule has 0 amide bonds. The van der Waals surface area contributed by atoms with E-state index in [0.717, 1.165) is 30.3 Å². The molecule has 2 aliphatic rings. The first-order valence-corrected chi connectivity index (χ1v) is 13.9. The van der Waals surface area contributed by atoms with Gasteiger partial charge in [0.1, 0.15) is 53.6 Å². The number of halogens is 6. The highest BCUT2D eigenvalue weighted by molar-refractivity contribution is 6.31. The van der Waals surface area contributed by atoms with Gasteiger partial charge in [-0.1, -0.05) is 12.1 Å². The molecule has 0 N–H and O–H groups in total. The van der Waals surface area contributed by atoms with Crippen LogP contribution in [-0.4, -0.2) is 0 Å². The predicted molar refractivity (Wildman–Crippen MR) is 165 cm³/mol. The quantitative estimate of drug-likeness (QED) is 0.189. The summed E-state index contributed by atoms with van der Waals surface area (Å²) in [5, 5.41) is 89.8. The van der Waals surface area contributed by atoms with E-state index >= 15 is 0 Å². The van der Waals surface area contributed by atoms with Gasteiger partial charge in [-0.05, 0) is 52.6 Å². The summed E-state index contributed by atoms with van der Waals surface area (Å²) in [6.45, 7) is 0. The summed E-state index contributed by atoms with van der Waals surface area (Å²) in [5.41, 5.74) is -11.5.